The van der Waals surface area contributed by atoms with E-state index in [0.29, 0.717) is 17.4 Å². The first-order valence-electron chi connectivity index (χ1n) is 7.85. The first kappa shape index (κ1) is 16.3. The lowest BCUT2D eigenvalue weighted by molar-refractivity contribution is -0.124. The molecule has 120 valence electrons. The van der Waals surface area contributed by atoms with Crippen molar-refractivity contribution in [2.75, 3.05) is 11.9 Å². The molecule has 0 bridgehead atoms. The lowest BCUT2D eigenvalue weighted by Gasteiger charge is -2.29. The van der Waals surface area contributed by atoms with Crippen molar-refractivity contribution in [3.05, 3.63) is 24.3 Å². The fourth-order valence-electron chi connectivity index (χ4n) is 2.81. The molecule has 0 unspecified atom stereocenters. The van der Waals surface area contributed by atoms with Gasteiger partial charge in [-0.25, -0.2) is 0 Å². The molecule has 0 radical (unpaired) electrons. The molecule has 0 saturated heterocycles. The van der Waals surface area contributed by atoms with Crippen LogP contribution in [0.4, 0.5) is 5.69 Å². The van der Waals surface area contributed by atoms with Crippen molar-refractivity contribution < 1.29 is 14.3 Å². The summed E-state index contributed by atoms with van der Waals surface area (Å²) in [5.74, 6) is 0.738. The SMILES string of the molecule is CC(=O)Nc1ccccc1OCC(=O)N[C@@H]1CCCC[C@@H]1C. The number of hydrogen-bond acceptors (Lipinski definition) is 3. The fourth-order valence-corrected chi connectivity index (χ4v) is 2.81. The normalized spacial score (nSPS) is 21.0. The summed E-state index contributed by atoms with van der Waals surface area (Å²) in [5, 5.41) is 5.74. The van der Waals surface area contributed by atoms with Gasteiger partial charge in [0.15, 0.2) is 6.61 Å². The molecule has 0 aromatic heterocycles. The first-order chi connectivity index (χ1) is 10.6. The van der Waals surface area contributed by atoms with E-state index >= 15 is 0 Å². The molecule has 2 N–H and O–H groups in total. The molecule has 1 saturated carbocycles. The number of hydrogen-bond donors (Lipinski definition) is 2. The van der Waals surface area contributed by atoms with Crippen molar-refractivity contribution in [2.45, 2.75) is 45.6 Å². The quantitative estimate of drug-likeness (QED) is 0.879. The van der Waals surface area contributed by atoms with Gasteiger partial charge in [0.2, 0.25) is 5.91 Å². The van der Waals surface area contributed by atoms with Gasteiger partial charge in [0.25, 0.3) is 5.91 Å². The minimum absolute atomic E-state index is 0.0418. The van der Waals surface area contributed by atoms with Crippen LogP contribution in [0, 0.1) is 5.92 Å². The summed E-state index contributed by atoms with van der Waals surface area (Å²) < 4.78 is 5.55. The molecule has 2 atom stereocenters. The van der Waals surface area contributed by atoms with E-state index in [1.807, 2.05) is 12.1 Å². The molecule has 0 spiro atoms. The van der Waals surface area contributed by atoms with Gasteiger partial charge in [-0.15, -0.1) is 0 Å². The maximum absolute atomic E-state index is 12.0. The van der Waals surface area contributed by atoms with Crippen LogP contribution in [0.25, 0.3) is 0 Å². The zero-order chi connectivity index (χ0) is 15.9. The number of nitrogens with one attached hydrogen (secondary N) is 2. The molecule has 2 amide bonds. The Bertz CT molecular complexity index is 530. The predicted molar refractivity (Wildman–Crippen MR) is 85.8 cm³/mol. The van der Waals surface area contributed by atoms with Gasteiger partial charge in [-0.2, -0.15) is 0 Å². The van der Waals surface area contributed by atoms with Crippen LogP contribution in [0.15, 0.2) is 24.3 Å². The van der Waals surface area contributed by atoms with Crippen molar-refractivity contribution in [3.8, 4) is 5.75 Å². The van der Waals surface area contributed by atoms with Gasteiger partial charge in [-0.3, -0.25) is 9.59 Å². The van der Waals surface area contributed by atoms with Crippen LogP contribution >= 0.6 is 0 Å². The third-order valence-electron chi connectivity index (χ3n) is 4.01. The second-order valence-electron chi connectivity index (χ2n) is 5.90. The van der Waals surface area contributed by atoms with Crippen molar-refractivity contribution in [3.63, 3.8) is 0 Å². The van der Waals surface area contributed by atoms with Crippen LogP contribution in [-0.4, -0.2) is 24.5 Å². The summed E-state index contributed by atoms with van der Waals surface area (Å²) >= 11 is 0. The van der Waals surface area contributed by atoms with Crippen molar-refractivity contribution in [1.82, 2.24) is 5.32 Å². The second-order valence-corrected chi connectivity index (χ2v) is 5.90. The van der Waals surface area contributed by atoms with E-state index in [9.17, 15) is 9.59 Å². The van der Waals surface area contributed by atoms with Crippen molar-refractivity contribution in [1.29, 1.82) is 0 Å². The molecule has 1 fully saturated rings. The van der Waals surface area contributed by atoms with E-state index < -0.39 is 0 Å². The van der Waals surface area contributed by atoms with E-state index in [1.165, 1.54) is 19.8 Å². The fraction of sp³-hybridized carbons (Fsp3) is 0.529. The smallest absolute Gasteiger partial charge is 0.258 e. The van der Waals surface area contributed by atoms with Crippen LogP contribution in [-0.2, 0) is 9.59 Å². The molecule has 2 rings (SSSR count). The number of amides is 2. The van der Waals surface area contributed by atoms with Crippen LogP contribution in [0.1, 0.15) is 39.5 Å². The monoisotopic (exact) mass is 304 g/mol. The van der Waals surface area contributed by atoms with E-state index in [1.54, 1.807) is 12.1 Å². The average molecular weight is 304 g/mol. The maximum Gasteiger partial charge on any atom is 0.258 e. The van der Waals surface area contributed by atoms with Gasteiger partial charge in [0.1, 0.15) is 5.75 Å². The van der Waals surface area contributed by atoms with Crippen LogP contribution in [0.3, 0.4) is 0 Å². The Morgan fingerprint density at radius 2 is 1.95 bits per heavy atom. The van der Waals surface area contributed by atoms with Crippen molar-refractivity contribution in [2.24, 2.45) is 5.92 Å². The number of ether oxygens (including phenoxy) is 1. The van der Waals surface area contributed by atoms with Gasteiger partial charge in [0, 0.05) is 13.0 Å². The van der Waals surface area contributed by atoms with Gasteiger partial charge in [0.05, 0.1) is 5.69 Å². The molecule has 5 heteroatoms. The highest BCUT2D eigenvalue weighted by molar-refractivity contribution is 5.90. The molecule has 0 heterocycles. The zero-order valence-corrected chi connectivity index (χ0v) is 13.2. The summed E-state index contributed by atoms with van der Waals surface area (Å²) in [6.07, 6.45) is 4.61. The average Bonchev–Trinajstić information content (AvgIpc) is 2.48. The third-order valence-corrected chi connectivity index (χ3v) is 4.01. The summed E-state index contributed by atoms with van der Waals surface area (Å²) in [6.45, 7) is 3.57. The molecular weight excluding hydrogens is 280 g/mol. The minimum atomic E-state index is -0.170. The lowest BCUT2D eigenvalue weighted by atomic mass is 9.86. The Kier molecular flexibility index (Phi) is 5.81. The summed E-state index contributed by atoms with van der Waals surface area (Å²) in [5.41, 5.74) is 0.578. The number of benzene rings is 1. The zero-order valence-electron chi connectivity index (χ0n) is 13.2. The number of carbonyl (C=O) groups excluding carboxylic acids is 2. The van der Waals surface area contributed by atoms with E-state index in [0.717, 1.165) is 12.8 Å². The standard InChI is InChI=1S/C17H24N2O3/c1-12-7-3-4-8-14(12)19-17(21)11-22-16-10-6-5-9-15(16)18-13(2)20/h5-6,9-10,12,14H,3-4,7-8,11H2,1-2H3,(H,18,20)(H,19,21)/t12-,14+/m0/s1. The molecule has 0 aliphatic heterocycles. The number of para-hydroxylation sites is 2. The third kappa shape index (κ3) is 4.76. The number of rotatable bonds is 5. The lowest BCUT2D eigenvalue weighted by Crippen LogP contribution is -2.43. The van der Waals surface area contributed by atoms with Gasteiger partial charge >= 0.3 is 0 Å². The Balaban J connectivity index is 1.87. The van der Waals surface area contributed by atoms with Gasteiger partial charge in [-0.05, 0) is 30.9 Å². The predicted octanol–water partition coefficient (Wildman–Crippen LogP) is 2.72. The van der Waals surface area contributed by atoms with Crippen LogP contribution in [0.5, 0.6) is 5.75 Å². The molecule has 1 aliphatic carbocycles. The molecule has 22 heavy (non-hydrogen) atoms. The largest absolute Gasteiger partial charge is 0.482 e. The van der Waals surface area contributed by atoms with Crippen molar-refractivity contribution >= 4 is 17.5 Å². The highest BCUT2D eigenvalue weighted by Gasteiger charge is 2.22. The van der Waals surface area contributed by atoms with Crippen LogP contribution in [0.2, 0.25) is 0 Å². The molecule has 1 aromatic carbocycles. The summed E-state index contributed by atoms with van der Waals surface area (Å²) in [6, 6.07) is 7.35. The van der Waals surface area contributed by atoms with Crippen LogP contribution < -0.4 is 15.4 Å². The molecule has 5 nitrogen and oxygen atoms in total. The molecular formula is C17H24N2O3. The first-order valence-corrected chi connectivity index (χ1v) is 7.85. The Morgan fingerprint density at radius 1 is 1.23 bits per heavy atom. The summed E-state index contributed by atoms with van der Waals surface area (Å²) in [7, 11) is 0. The topological polar surface area (TPSA) is 67.4 Å². The Labute approximate surface area is 131 Å². The molecule has 1 aromatic rings. The number of carbonyl (C=O) groups is 2. The molecule has 1 aliphatic rings. The second kappa shape index (κ2) is 7.82. The summed E-state index contributed by atoms with van der Waals surface area (Å²) in [4.78, 5) is 23.2. The minimum Gasteiger partial charge on any atom is -0.482 e. The number of anilines is 1. The highest BCUT2D eigenvalue weighted by Crippen LogP contribution is 2.25. The van der Waals surface area contributed by atoms with Gasteiger partial charge in [-0.1, -0.05) is 31.9 Å². The highest BCUT2D eigenvalue weighted by atomic mass is 16.5. The van der Waals surface area contributed by atoms with E-state index in [-0.39, 0.29) is 24.5 Å². The van der Waals surface area contributed by atoms with E-state index in [2.05, 4.69) is 17.6 Å². The Morgan fingerprint density at radius 3 is 2.68 bits per heavy atom. The Hall–Kier alpha value is -2.04. The maximum atomic E-state index is 12.0. The van der Waals surface area contributed by atoms with E-state index in [4.69, 9.17) is 4.74 Å². The van der Waals surface area contributed by atoms with Gasteiger partial charge < -0.3 is 15.4 Å².